The Balaban J connectivity index is 1.26. The number of anilines is 1. The summed E-state index contributed by atoms with van der Waals surface area (Å²) in [5.41, 5.74) is 4.46. The predicted molar refractivity (Wildman–Crippen MR) is 167 cm³/mol. The Kier molecular flexibility index (Phi) is 8.78. The summed E-state index contributed by atoms with van der Waals surface area (Å²) in [4.78, 5) is 13.0. The number of nitrogens with zero attached hydrogens (tertiary/aromatic N) is 1. The molecule has 6 heteroatoms. The minimum atomic E-state index is -0.504. The van der Waals surface area contributed by atoms with Crippen LogP contribution in [0.5, 0.6) is 11.5 Å². The van der Waals surface area contributed by atoms with Gasteiger partial charge in [-0.2, -0.15) is 5.26 Å². The van der Waals surface area contributed by atoms with E-state index in [-0.39, 0.29) is 5.57 Å². The first-order valence-corrected chi connectivity index (χ1v) is 13.9. The lowest BCUT2D eigenvalue weighted by atomic mass is 10.0. The number of nitrogens with one attached hydrogen (secondary N) is 1. The molecule has 0 spiro atoms. The summed E-state index contributed by atoms with van der Waals surface area (Å²) in [5.74, 6) is 0.762. The summed E-state index contributed by atoms with van der Waals surface area (Å²) in [6.07, 6.45) is 1.55. The van der Waals surface area contributed by atoms with Crippen LogP contribution < -0.4 is 14.8 Å². The van der Waals surface area contributed by atoms with Crippen molar-refractivity contribution in [3.8, 4) is 17.6 Å². The van der Waals surface area contributed by atoms with E-state index >= 15 is 0 Å². The monoisotopic (exact) mass is 602 g/mol. The van der Waals surface area contributed by atoms with Gasteiger partial charge in [-0.15, -0.1) is 0 Å². The van der Waals surface area contributed by atoms with Crippen molar-refractivity contribution in [2.75, 3.05) is 5.32 Å². The van der Waals surface area contributed by atoms with E-state index in [1.807, 2.05) is 66.7 Å². The van der Waals surface area contributed by atoms with E-state index in [2.05, 4.69) is 52.4 Å². The van der Waals surface area contributed by atoms with Gasteiger partial charge in [-0.3, -0.25) is 4.79 Å². The van der Waals surface area contributed by atoms with Crippen LogP contribution in [0.1, 0.15) is 22.3 Å². The topological polar surface area (TPSA) is 71.3 Å². The Labute approximate surface area is 247 Å². The summed E-state index contributed by atoms with van der Waals surface area (Å²) < 4.78 is 13.1. The summed E-state index contributed by atoms with van der Waals surface area (Å²) >= 11 is 3.43. The number of hydrogen-bond acceptors (Lipinski definition) is 4. The molecular weight excluding hydrogens is 576 g/mol. The van der Waals surface area contributed by atoms with Gasteiger partial charge >= 0.3 is 0 Å². The van der Waals surface area contributed by atoms with E-state index < -0.39 is 5.91 Å². The number of benzene rings is 5. The molecule has 0 radical (unpaired) electrons. The smallest absolute Gasteiger partial charge is 0.266 e. The van der Waals surface area contributed by atoms with Crippen molar-refractivity contribution >= 4 is 44.4 Å². The number of para-hydroxylation sites is 1. The summed E-state index contributed by atoms with van der Waals surface area (Å²) in [6.45, 7) is 2.86. The van der Waals surface area contributed by atoms with Gasteiger partial charge in [0.15, 0.2) is 0 Å². The third kappa shape index (κ3) is 7.02. The normalized spacial score (nSPS) is 11.1. The maximum Gasteiger partial charge on any atom is 0.266 e. The van der Waals surface area contributed by atoms with E-state index in [1.165, 1.54) is 0 Å². The van der Waals surface area contributed by atoms with Crippen LogP contribution in [0, 0.1) is 18.3 Å². The van der Waals surface area contributed by atoms with Gasteiger partial charge in [0, 0.05) is 21.3 Å². The lowest BCUT2D eigenvalue weighted by molar-refractivity contribution is -0.112. The SMILES string of the molecule is Cc1ccc2ccccc2c1COc1ccccc1/C=C(\C#N)C(=O)Nc1ccc(OCc2ccc(Br)cc2)cc1. The van der Waals surface area contributed by atoms with Crippen molar-refractivity contribution in [2.45, 2.75) is 20.1 Å². The Bertz CT molecular complexity index is 1750. The van der Waals surface area contributed by atoms with Crippen molar-refractivity contribution < 1.29 is 14.3 Å². The van der Waals surface area contributed by atoms with Crippen molar-refractivity contribution in [3.63, 3.8) is 0 Å². The first-order chi connectivity index (χ1) is 20.0. The maximum absolute atomic E-state index is 13.0. The molecule has 5 rings (SSSR count). The molecular formula is C35H27BrN2O3. The lowest BCUT2D eigenvalue weighted by Crippen LogP contribution is -2.13. The quantitative estimate of drug-likeness (QED) is 0.135. The Morgan fingerprint density at radius 2 is 1.59 bits per heavy atom. The number of hydrogen-bond donors (Lipinski definition) is 1. The fourth-order valence-corrected chi connectivity index (χ4v) is 4.67. The number of nitriles is 1. The standard InChI is InChI=1S/C35H27BrN2O3/c1-24-10-13-26-6-2-4-8-32(26)33(24)23-41-34-9-5-3-7-27(34)20-28(21-37)35(39)38-30-16-18-31(19-17-30)40-22-25-11-14-29(36)15-12-25/h2-20H,22-23H2,1H3,(H,38,39)/b28-20+. The summed E-state index contributed by atoms with van der Waals surface area (Å²) in [6, 6.07) is 36.8. The zero-order valence-corrected chi connectivity index (χ0v) is 24.0. The highest BCUT2D eigenvalue weighted by Gasteiger charge is 2.13. The zero-order valence-electron chi connectivity index (χ0n) is 22.4. The molecule has 5 aromatic rings. The van der Waals surface area contributed by atoms with Crippen LogP contribution in [0.25, 0.3) is 16.8 Å². The van der Waals surface area contributed by atoms with Crippen LogP contribution in [0.3, 0.4) is 0 Å². The van der Waals surface area contributed by atoms with Crippen molar-refractivity contribution in [3.05, 3.63) is 141 Å². The van der Waals surface area contributed by atoms with Gasteiger partial charge in [0.05, 0.1) is 0 Å². The molecule has 0 saturated heterocycles. The summed E-state index contributed by atoms with van der Waals surface area (Å²) in [5, 5.41) is 14.9. The fraction of sp³-hybridized carbons (Fsp3) is 0.0857. The Hall–Kier alpha value is -4.86. The highest BCUT2D eigenvalue weighted by molar-refractivity contribution is 9.10. The second-order valence-corrected chi connectivity index (χ2v) is 10.4. The Morgan fingerprint density at radius 3 is 2.37 bits per heavy atom. The average molecular weight is 604 g/mol. The van der Waals surface area contributed by atoms with Gasteiger partial charge in [0.2, 0.25) is 0 Å². The number of carbonyl (C=O) groups is 1. The van der Waals surface area contributed by atoms with Gasteiger partial charge in [-0.25, -0.2) is 0 Å². The van der Waals surface area contributed by atoms with E-state index in [1.54, 1.807) is 30.3 Å². The molecule has 0 bridgehead atoms. The van der Waals surface area contributed by atoms with Gasteiger partial charge < -0.3 is 14.8 Å². The molecule has 1 N–H and O–H groups in total. The van der Waals surface area contributed by atoms with Crippen LogP contribution >= 0.6 is 15.9 Å². The van der Waals surface area contributed by atoms with Crippen LogP contribution in [0.4, 0.5) is 5.69 Å². The lowest BCUT2D eigenvalue weighted by Gasteiger charge is -2.14. The van der Waals surface area contributed by atoms with Gasteiger partial charge in [-0.05, 0) is 77.4 Å². The highest BCUT2D eigenvalue weighted by atomic mass is 79.9. The Morgan fingerprint density at radius 1 is 0.854 bits per heavy atom. The second kappa shape index (κ2) is 13.0. The molecule has 0 unspecified atom stereocenters. The molecule has 0 fully saturated rings. The number of amides is 1. The fourth-order valence-electron chi connectivity index (χ4n) is 4.40. The molecule has 202 valence electrons. The molecule has 0 heterocycles. The molecule has 0 saturated carbocycles. The van der Waals surface area contributed by atoms with Crippen molar-refractivity contribution in [1.29, 1.82) is 5.26 Å². The summed E-state index contributed by atoms with van der Waals surface area (Å²) in [7, 11) is 0. The van der Waals surface area contributed by atoms with Crippen LogP contribution in [0.15, 0.2) is 119 Å². The molecule has 5 aromatic carbocycles. The molecule has 1 amide bonds. The third-order valence-corrected chi connectivity index (χ3v) is 7.19. The van der Waals surface area contributed by atoms with Crippen LogP contribution in [-0.4, -0.2) is 5.91 Å². The number of fused-ring (bicyclic) bond motifs is 1. The number of aryl methyl sites for hydroxylation is 1. The molecule has 0 aliphatic carbocycles. The van der Waals surface area contributed by atoms with Gasteiger partial charge in [0.25, 0.3) is 5.91 Å². The van der Waals surface area contributed by atoms with Gasteiger partial charge in [0.1, 0.15) is 36.4 Å². The molecule has 41 heavy (non-hydrogen) atoms. The van der Waals surface area contributed by atoms with Gasteiger partial charge in [-0.1, -0.05) is 82.7 Å². The molecule has 5 nitrogen and oxygen atoms in total. The van der Waals surface area contributed by atoms with Crippen LogP contribution in [0.2, 0.25) is 0 Å². The van der Waals surface area contributed by atoms with E-state index in [4.69, 9.17) is 9.47 Å². The second-order valence-electron chi connectivity index (χ2n) is 9.47. The van der Waals surface area contributed by atoms with E-state index in [9.17, 15) is 10.1 Å². The maximum atomic E-state index is 13.0. The molecule has 0 aromatic heterocycles. The minimum Gasteiger partial charge on any atom is -0.489 e. The average Bonchev–Trinajstić information content (AvgIpc) is 3.00. The molecule has 0 aliphatic rings. The highest BCUT2D eigenvalue weighted by Crippen LogP contribution is 2.27. The molecule has 0 atom stereocenters. The first kappa shape index (κ1) is 27.7. The largest absolute Gasteiger partial charge is 0.489 e. The number of halogens is 1. The predicted octanol–water partition coefficient (Wildman–Crippen LogP) is 8.61. The number of rotatable bonds is 9. The van der Waals surface area contributed by atoms with E-state index in [0.717, 1.165) is 31.9 Å². The van der Waals surface area contributed by atoms with Crippen LogP contribution in [-0.2, 0) is 18.0 Å². The minimum absolute atomic E-state index is 0.0297. The van der Waals surface area contributed by atoms with Crippen molar-refractivity contribution in [1.82, 2.24) is 0 Å². The zero-order chi connectivity index (χ0) is 28.6. The number of ether oxygens (including phenoxy) is 2. The number of carbonyl (C=O) groups excluding carboxylic acids is 1. The van der Waals surface area contributed by atoms with E-state index in [0.29, 0.717) is 36.0 Å². The molecule has 0 aliphatic heterocycles. The first-order valence-electron chi connectivity index (χ1n) is 13.1. The van der Waals surface area contributed by atoms with Crippen molar-refractivity contribution in [2.24, 2.45) is 0 Å². The third-order valence-electron chi connectivity index (χ3n) is 6.66.